The molecule has 2 amide bonds. The zero-order valence-corrected chi connectivity index (χ0v) is 17.9. The molecule has 5 rings (SSSR count). The third-order valence-electron chi connectivity index (χ3n) is 7.67. The van der Waals surface area contributed by atoms with E-state index < -0.39 is 0 Å². The molecule has 2 bridgehead atoms. The summed E-state index contributed by atoms with van der Waals surface area (Å²) in [6.07, 6.45) is 2.66. The molecular weight excluding hydrogens is 390 g/mol. The summed E-state index contributed by atoms with van der Waals surface area (Å²) in [6, 6.07) is 9.71. The summed E-state index contributed by atoms with van der Waals surface area (Å²) < 4.78 is 0. The number of carbonyl (C=O) groups excluding carboxylic acids is 2. The number of nitriles is 1. The first kappa shape index (κ1) is 20.0. The van der Waals surface area contributed by atoms with Crippen molar-refractivity contribution in [1.29, 1.82) is 5.26 Å². The lowest BCUT2D eigenvalue weighted by molar-refractivity contribution is -0.142. The van der Waals surface area contributed by atoms with Gasteiger partial charge in [0.05, 0.1) is 24.7 Å². The Hall–Kier alpha value is -2.90. The molecule has 4 fully saturated rings. The van der Waals surface area contributed by atoms with Crippen molar-refractivity contribution in [2.24, 2.45) is 11.8 Å². The highest BCUT2D eigenvalue weighted by molar-refractivity contribution is 5.86. The molecule has 0 spiro atoms. The van der Waals surface area contributed by atoms with Crippen LogP contribution in [-0.4, -0.2) is 63.8 Å². The first-order valence-electron chi connectivity index (χ1n) is 11.2. The minimum absolute atomic E-state index is 0.0312. The van der Waals surface area contributed by atoms with E-state index in [9.17, 15) is 14.9 Å². The zero-order chi connectivity index (χ0) is 21.9. The predicted octanol–water partition coefficient (Wildman–Crippen LogP) is 2.73. The van der Waals surface area contributed by atoms with Gasteiger partial charge >= 0.3 is 0 Å². The molecular formula is C24H27N5O2. The van der Waals surface area contributed by atoms with Crippen molar-refractivity contribution in [3.63, 3.8) is 0 Å². The third-order valence-corrected chi connectivity index (χ3v) is 7.67. The van der Waals surface area contributed by atoms with Crippen LogP contribution in [0.3, 0.4) is 0 Å². The molecule has 0 aromatic heterocycles. The largest absolute Gasteiger partial charge is 0.330 e. The lowest BCUT2D eigenvalue weighted by atomic mass is 10.0. The number of hydrogen-bond acceptors (Lipinski definition) is 4. The number of benzene rings is 1. The van der Waals surface area contributed by atoms with E-state index in [0.29, 0.717) is 18.2 Å². The van der Waals surface area contributed by atoms with Gasteiger partial charge in [-0.3, -0.25) is 14.5 Å². The molecule has 1 aliphatic carbocycles. The van der Waals surface area contributed by atoms with Gasteiger partial charge in [-0.25, -0.2) is 4.85 Å². The minimum Gasteiger partial charge on any atom is -0.330 e. The van der Waals surface area contributed by atoms with Crippen molar-refractivity contribution in [1.82, 2.24) is 14.7 Å². The molecule has 1 saturated carbocycles. The molecule has 0 radical (unpaired) electrons. The van der Waals surface area contributed by atoms with Gasteiger partial charge in [-0.1, -0.05) is 31.2 Å². The topological polar surface area (TPSA) is 72.0 Å². The highest BCUT2D eigenvalue weighted by Crippen LogP contribution is 2.48. The molecule has 1 aromatic carbocycles. The molecule has 160 valence electrons. The number of rotatable bonds is 5. The molecule has 3 aliphatic heterocycles. The van der Waals surface area contributed by atoms with E-state index in [-0.39, 0.29) is 47.9 Å². The van der Waals surface area contributed by atoms with Crippen LogP contribution in [0.2, 0.25) is 0 Å². The van der Waals surface area contributed by atoms with Crippen LogP contribution in [0.25, 0.3) is 4.85 Å². The Labute approximate surface area is 183 Å². The molecule has 1 unspecified atom stereocenters. The quantitative estimate of drug-likeness (QED) is 0.691. The van der Waals surface area contributed by atoms with E-state index in [4.69, 9.17) is 6.57 Å². The zero-order valence-electron chi connectivity index (χ0n) is 17.9. The summed E-state index contributed by atoms with van der Waals surface area (Å²) in [7, 11) is 0. The number of amides is 2. The van der Waals surface area contributed by atoms with Crippen molar-refractivity contribution in [3.05, 3.63) is 41.2 Å². The van der Waals surface area contributed by atoms with Crippen LogP contribution >= 0.6 is 0 Å². The second-order valence-corrected chi connectivity index (χ2v) is 9.57. The molecule has 7 nitrogen and oxygen atoms in total. The number of likely N-dealkylation sites (tertiary alicyclic amines) is 3. The fourth-order valence-electron chi connectivity index (χ4n) is 5.96. The maximum atomic E-state index is 13.2. The number of piperidine rings is 1. The van der Waals surface area contributed by atoms with Gasteiger partial charge in [-0.05, 0) is 37.7 Å². The van der Waals surface area contributed by atoms with Crippen molar-refractivity contribution >= 4 is 17.5 Å². The van der Waals surface area contributed by atoms with Crippen molar-refractivity contribution in [2.75, 3.05) is 13.1 Å². The van der Waals surface area contributed by atoms with E-state index in [2.05, 4.69) is 15.8 Å². The lowest BCUT2D eigenvalue weighted by Crippen LogP contribution is -2.53. The number of hydrogen-bond donors (Lipinski definition) is 0. The Morgan fingerprint density at radius 1 is 1.26 bits per heavy atom. The summed E-state index contributed by atoms with van der Waals surface area (Å²) in [5.74, 6) is 0.506. The lowest BCUT2D eigenvalue weighted by Gasteiger charge is -2.38. The Bertz CT molecular complexity index is 993. The SMILES string of the molecule is [C-]#[N+]c1ccc([C@@H](C)N2C(=O)[C@H]3C[C@@H]2CN3C[C@H](C)C(=O)N2C3C[C@H]3C[C@H]2C#N)cc1. The average Bonchev–Trinajstić information content (AvgIpc) is 3.11. The monoisotopic (exact) mass is 417 g/mol. The summed E-state index contributed by atoms with van der Waals surface area (Å²) in [5.41, 5.74) is 1.64. The van der Waals surface area contributed by atoms with Gasteiger partial charge in [0.15, 0.2) is 5.69 Å². The molecule has 31 heavy (non-hydrogen) atoms. The summed E-state index contributed by atoms with van der Waals surface area (Å²) in [4.78, 5) is 35.7. The molecule has 3 heterocycles. The van der Waals surface area contributed by atoms with Crippen LogP contribution in [-0.2, 0) is 9.59 Å². The molecule has 7 heteroatoms. The molecule has 1 aromatic rings. The normalized spacial score (nSPS) is 33.0. The van der Waals surface area contributed by atoms with Gasteiger partial charge < -0.3 is 9.80 Å². The van der Waals surface area contributed by atoms with Crippen LogP contribution in [0, 0.1) is 29.7 Å². The Balaban J connectivity index is 1.23. The first-order valence-corrected chi connectivity index (χ1v) is 11.2. The fourth-order valence-corrected chi connectivity index (χ4v) is 5.96. The van der Waals surface area contributed by atoms with Crippen LogP contribution in [0.15, 0.2) is 24.3 Å². The molecule has 7 atom stereocenters. The van der Waals surface area contributed by atoms with E-state index in [1.54, 1.807) is 12.1 Å². The fraction of sp³-hybridized carbons (Fsp3) is 0.583. The second kappa shape index (κ2) is 7.35. The van der Waals surface area contributed by atoms with Crippen molar-refractivity contribution in [3.8, 4) is 6.07 Å². The van der Waals surface area contributed by atoms with Crippen LogP contribution in [0.5, 0.6) is 0 Å². The number of fused-ring (bicyclic) bond motifs is 3. The Morgan fingerprint density at radius 2 is 2.00 bits per heavy atom. The predicted molar refractivity (Wildman–Crippen MR) is 114 cm³/mol. The van der Waals surface area contributed by atoms with Crippen molar-refractivity contribution < 1.29 is 9.59 Å². The maximum Gasteiger partial charge on any atom is 0.240 e. The average molecular weight is 418 g/mol. The summed E-state index contributed by atoms with van der Waals surface area (Å²) >= 11 is 0. The van der Waals surface area contributed by atoms with Gasteiger partial charge in [0.25, 0.3) is 0 Å². The number of piperazine rings is 1. The molecule has 0 N–H and O–H groups in total. The van der Waals surface area contributed by atoms with Gasteiger partial charge in [0.1, 0.15) is 6.04 Å². The highest BCUT2D eigenvalue weighted by atomic mass is 16.2. The summed E-state index contributed by atoms with van der Waals surface area (Å²) in [5, 5.41) is 9.40. The van der Waals surface area contributed by atoms with Gasteiger partial charge in [-0.2, -0.15) is 5.26 Å². The van der Waals surface area contributed by atoms with Crippen LogP contribution in [0.1, 0.15) is 44.7 Å². The Kier molecular flexibility index (Phi) is 4.75. The smallest absolute Gasteiger partial charge is 0.240 e. The van der Waals surface area contributed by atoms with E-state index in [1.165, 1.54) is 0 Å². The first-order chi connectivity index (χ1) is 14.9. The number of nitrogens with zero attached hydrogens (tertiary/aromatic N) is 5. The van der Waals surface area contributed by atoms with Gasteiger partial charge in [-0.15, -0.1) is 0 Å². The molecule has 3 saturated heterocycles. The standard InChI is InChI=1S/C24H27N5O2/c1-14(23(30)29-19(11-25)8-17-9-21(17)29)12-27-13-20-10-22(27)24(31)28(20)15(2)16-4-6-18(26-3)7-5-16/h4-7,14-15,17,19-22H,8-10,12-13H2,1-2H3/t14-,15+,17+,19-,20+,21?,22+/m0/s1. The summed E-state index contributed by atoms with van der Waals surface area (Å²) in [6.45, 7) is 12.4. The van der Waals surface area contributed by atoms with E-state index in [0.717, 1.165) is 31.4 Å². The van der Waals surface area contributed by atoms with Crippen LogP contribution < -0.4 is 0 Å². The van der Waals surface area contributed by atoms with E-state index in [1.807, 2.05) is 35.8 Å². The number of carbonyl (C=O) groups is 2. The highest BCUT2D eigenvalue weighted by Gasteiger charge is 2.55. The van der Waals surface area contributed by atoms with E-state index >= 15 is 0 Å². The minimum atomic E-state index is -0.277. The van der Waals surface area contributed by atoms with Crippen molar-refractivity contribution in [2.45, 2.75) is 63.3 Å². The second-order valence-electron chi connectivity index (χ2n) is 9.57. The van der Waals surface area contributed by atoms with Crippen LogP contribution in [0.4, 0.5) is 5.69 Å². The van der Waals surface area contributed by atoms with Gasteiger partial charge in [0, 0.05) is 31.1 Å². The maximum absolute atomic E-state index is 13.2. The Morgan fingerprint density at radius 3 is 2.65 bits per heavy atom. The molecule has 4 aliphatic rings. The van der Waals surface area contributed by atoms with Gasteiger partial charge in [0.2, 0.25) is 11.8 Å². The third kappa shape index (κ3) is 3.20.